The van der Waals surface area contributed by atoms with Gasteiger partial charge >= 0.3 is 293 Å². The minimum absolute atomic E-state index is 0.635. The molecule has 1 atom stereocenters. The van der Waals surface area contributed by atoms with Crippen LogP contribution >= 0.6 is 21.8 Å². The van der Waals surface area contributed by atoms with Gasteiger partial charge in [0, 0.05) is 0 Å². The molecule has 11 aromatic carbocycles. The maximum absolute atomic E-state index is 16.1. The van der Waals surface area contributed by atoms with Crippen molar-refractivity contribution in [1.29, 1.82) is 0 Å². The van der Waals surface area contributed by atoms with Gasteiger partial charge in [0.2, 0.25) is 0 Å². The van der Waals surface area contributed by atoms with Gasteiger partial charge in [-0.25, -0.2) is 0 Å². The van der Waals surface area contributed by atoms with Crippen molar-refractivity contribution in [3.63, 3.8) is 0 Å². The van der Waals surface area contributed by atoms with E-state index in [-0.39, 0.29) is 0 Å². The molecule has 0 aliphatic heterocycles. The molecule has 11 aromatic rings. The molecule has 1 unspecified atom stereocenters. The second kappa shape index (κ2) is 16.1. The van der Waals surface area contributed by atoms with Gasteiger partial charge in [-0.2, -0.15) is 0 Å². The third kappa shape index (κ3) is 6.76. The Kier molecular flexibility index (Phi) is 10.1. The van der Waals surface area contributed by atoms with Gasteiger partial charge in [-0.1, -0.05) is 60.7 Å². The van der Waals surface area contributed by atoms with Gasteiger partial charge in [-0.15, -0.1) is 0 Å². The third-order valence-corrected chi connectivity index (χ3v) is 22.4. The second-order valence-corrected chi connectivity index (χ2v) is 25.2. The Bertz CT molecular complexity index is 3480. The van der Waals surface area contributed by atoms with Crippen LogP contribution in [0, 0.1) is 0 Å². The molecular weight excluding hydrogens is 838 g/mol. The Labute approximate surface area is 373 Å². The Morgan fingerprint density at radius 3 is 0.922 bits per heavy atom. The molecule has 6 heteroatoms. The van der Waals surface area contributed by atoms with Crippen LogP contribution in [0.25, 0.3) is 43.1 Å². The second-order valence-electron chi connectivity index (χ2n) is 16.5. The average Bonchev–Trinajstić information content (AvgIpc) is 3.37. The van der Waals surface area contributed by atoms with Gasteiger partial charge in [-0.3, -0.25) is 0 Å². The van der Waals surface area contributed by atoms with Crippen molar-refractivity contribution in [3.05, 3.63) is 249 Å². The zero-order valence-electron chi connectivity index (χ0n) is 34.8. The molecule has 0 heterocycles. The topological polar surface area (TPSA) is 54.4 Å². The molecule has 3 nitrogen and oxygen atoms in total. The zero-order valence-corrected chi connectivity index (χ0v) is 37.6. The van der Waals surface area contributed by atoms with Crippen LogP contribution in [-0.4, -0.2) is 4.89 Å². The fourth-order valence-corrected chi connectivity index (χ4v) is 17.7. The molecule has 0 spiro atoms. The number of hydrogen-bond donors (Lipinski definition) is 1. The van der Waals surface area contributed by atoms with Crippen LogP contribution in [-0.2, 0) is 9.13 Å². The molecule has 0 saturated heterocycles. The van der Waals surface area contributed by atoms with Crippen molar-refractivity contribution >= 4 is 113 Å². The summed E-state index contributed by atoms with van der Waals surface area (Å²) in [4.78, 5) is 13.3. The monoisotopic (exact) mass is 880 g/mol. The van der Waals surface area contributed by atoms with E-state index in [1.54, 1.807) is 0 Å². The first-order valence-electron chi connectivity index (χ1n) is 21.5. The Hall–Kier alpha value is -6.69. The summed E-state index contributed by atoms with van der Waals surface area (Å²) in [5.74, 6) is 0. The molecule has 0 aliphatic rings. The van der Waals surface area contributed by atoms with Crippen LogP contribution < -0.4 is 47.7 Å². The van der Waals surface area contributed by atoms with E-state index in [0.29, 0.717) is 21.2 Å². The van der Waals surface area contributed by atoms with Crippen molar-refractivity contribution in [3.8, 4) is 0 Å². The van der Waals surface area contributed by atoms with Gasteiger partial charge in [0.1, 0.15) is 0 Å². The van der Waals surface area contributed by atoms with Crippen molar-refractivity contribution < 1.29 is 14.0 Å². The SMILES string of the molecule is O=P(c1ccccc1)(c1ccc(P(=O)(c2ccc3ccccc3c2)c2ccc3ccccc3c2)cc1)c1ccc([PH](O)(c2ccc3ccccc3c2)c2ccc3ccccc3c2)cc1. The molecule has 0 saturated carbocycles. The van der Waals surface area contributed by atoms with Gasteiger partial charge < -0.3 is 0 Å². The summed E-state index contributed by atoms with van der Waals surface area (Å²) >= 11 is 0. The van der Waals surface area contributed by atoms with Crippen LogP contribution in [0.1, 0.15) is 0 Å². The number of rotatable bonds is 9. The quantitative estimate of drug-likeness (QED) is 0.147. The van der Waals surface area contributed by atoms with Crippen molar-refractivity contribution in [1.82, 2.24) is 0 Å². The van der Waals surface area contributed by atoms with E-state index < -0.39 is 21.8 Å². The average molecular weight is 881 g/mol. The van der Waals surface area contributed by atoms with E-state index in [9.17, 15) is 4.89 Å². The Morgan fingerprint density at radius 2 is 0.516 bits per heavy atom. The van der Waals surface area contributed by atoms with Gasteiger partial charge in [0.05, 0.1) is 0 Å². The molecule has 11 rings (SSSR count). The zero-order chi connectivity index (χ0) is 43.3. The first-order valence-corrected chi connectivity index (χ1v) is 26.9. The molecule has 0 aromatic heterocycles. The minimum atomic E-state index is -3.60. The number of benzene rings is 11. The van der Waals surface area contributed by atoms with Crippen LogP contribution in [0.2, 0.25) is 0 Å². The molecule has 0 aliphatic carbocycles. The maximum atomic E-state index is 16.1. The molecule has 0 fully saturated rings. The third-order valence-electron chi connectivity index (χ3n) is 12.9. The molecule has 0 bridgehead atoms. The summed E-state index contributed by atoms with van der Waals surface area (Å²) in [6.45, 7) is 0. The normalized spacial score (nSPS) is 13.3. The Balaban J connectivity index is 1.04. The summed E-state index contributed by atoms with van der Waals surface area (Å²) in [5.41, 5.74) is 0. The van der Waals surface area contributed by atoms with E-state index in [4.69, 9.17) is 0 Å². The van der Waals surface area contributed by atoms with E-state index in [0.717, 1.165) is 69.6 Å². The van der Waals surface area contributed by atoms with E-state index in [1.165, 1.54) is 0 Å². The van der Waals surface area contributed by atoms with E-state index in [1.807, 2.05) is 152 Å². The van der Waals surface area contributed by atoms with Crippen molar-refractivity contribution in [2.75, 3.05) is 0 Å². The summed E-state index contributed by atoms with van der Waals surface area (Å²) in [7, 11) is -10.5. The van der Waals surface area contributed by atoms with Gasteiger partial charge in [-0.05, 0) is 21.5 Å². The first kappa shape index (κ1) is 40.1. The van der Waals surface area contributed by atoms with Crippen LogP contribution in [0.3, 0.4) is 0 Å². The molecule has 308 valence electrons. The number of hydrogen-bond acceptors (Lipinski definition) is 3. The van der Waals surface area contributed by atoms with E-state index >= 15 is 9.13 Å². The van der Waals surface area contributed by atoms with Gasteiger partial charge in [0.15, 0.2) is 0 Å². The van der Waals surface area contributed by atoms with Gasteiger partial charge in [0.25, 0.3) is 0 Å². The fraction of sp³-hybridized carbons (Fsp3) is 0. The molecular formula is C58H43O3P3. The van der Waals surface area contributed by atoms with Crippen LogP contribution in [0.15, 0.2) is 249 Å². The first-order chi connectivity index (χ1) is 31.3. The van der Waals surface area contributed by atoms with Crippen molar-refractivity contribution in [2.24, 2.45) is 0 Å². The van der Waals surface area contributed by atoms with Crippen molar-refractivity contribution in [2.45, 2.75) is 0 Å². The molecule has 64 heavy (non-hydrogen) atoms. The predicted octanol–water partition coefficient (Wildman–Crippen LogP) is 10.5. The molecule has 0 amide bonds. The molecule has 0 radical (unpaired) electrons. The van der Waals surface area contributed by atoms with E-state index in [2.05, 4.69) is 97.1 Å². The summed E-state index contributed by atoms with van der Waals surface area (Å²) in [5, 5.41) is 15.2. The standard InChI is InChI=1S/C58H43O3P3/c59-62(50-20-2-1-3-21-50,51-30-34-53(35-31-51)63(60,55-26-22-42-12-4-8-16-46(42)38-55)56-27-23-43-13-5-9-17-47(43)39-56)52-32-36-54(37-33-52)64(61,57-28-24-44-14-6-10-18-48(44)40-57)58-29-25-45-15-7-11-19-49(45)41-58/h1-41,60,63H. The predicted molar refractivity (Wildman–Crippen MR) is 278 cm³/mol. The Morgan fingerprint density at radius 1 is 0.250 bits per heavy atom. The summed E-state index contributed by atoms with van der Waals surface area (Å²) < 4.78 is 32.1. The molecule has 1 N–H and O–H groups in total. The summed E-state index contributed by atoms with van der Waals surface area (Å²) in [6, 6.07) is 82.5. The fourth-order valence-electron chi connectivity index (χ4n) is 9.39. The van der Waals surface area contributed by atoms with Crippen LogP contribution in [0.4, 0.5) is 0 Å². The summed E-state index contributed by atoms with van der Waals surface area (Å²) in [6.07, 6.45) is 0. The van der Waals surface area contributed by atoms with Crippen LogP contribution in [0.5, 0.6) is 0 Å². The number of fused-ring (bicyclic) bond motifs is 4.